The van der Waals surface area contributed by atoms with Gasteiger partial charge in [-0.1, -0.05) is 6.92 Å². The Labute approximate surface area is 122 Å². The van der Waals surface area contributed by atoms with Crippen molar-refractivity contribution in [1.82, 2.24) is 4.98 Å². The SMILES string of the molecule is CCCOc1ccc(-c2nc3cc(O)ccc3o2)cc1N. The molecule has 0 amide bonds. The molecule has 1 aromatic heterocycles. The molecule has 1 heterocycles. The molecule has 0 saturated carbocycles. The predicted molar refractivity (Wildman–Crippen MR) is 81.3 cm³/mol. The second-order valence-corrected chi connectivity index (χ2v) is 4.77. The number of fused-ring (bicyclic) bond motifs is 1. The number of nitrogens with zero attached hydrogens (tertiary/aromatic N) is 1. The van der Waals surface area contributed by atoms with Crippen LogP contribution in [0.1, 0.15) is 13.3 Å². The molecular formula is C16H16N2O3. The number of nitrogen functional groups attached to an aromatic ring is 1. The van der Waals surface area contributed by atoms with Crippen molar-refractivity contribution < 1.29 is 14.3 Å². The quantitative estimate of drug-likeness (QED) is 0.716. The minimum Gasteiger partial charge on any atom is -0.508 e. The van der Waals surface area contributed by atoms with E-state index < -0.39 is 0 Å². The van der Waals surface area contributed by atoms with Crippen molar-refractivity contribution in [2.75, 3.05) is 12.3 Å². The Kier molecular flexibility index (Phi) is 3.39. The lowest BCUT2D eigenvalue weighted by atomic mass is 10.2. The molecule has 0 aliphatic heterocycles. The third-order valence-electron chi connectivity index (χ3n) is 3.09. The predicted octanol–water partition coefficient (Wildman–Crippen LogP) is 3.57. The summed E-state index contributed by atoms with van der Waals surface area (Å²) in [7, 11) is 0. The first-order valence-electron chi connectivity index (χ1n) is 6.79. The monoisotopic (exact) mass is 284 g/mol. The third kappa shape index (κ3) is 2.63. The van der Waals surface area contributed by atoms with E-state index in [2.05, 4.69) is 4.98 Å². The fourth-order valence-electron chi connectivity index (χ4n) is 2.06. The van der Waals surface area contributed by atoms with Gasteiger partial charge in [0.25, 0.3) is 0 Å². The average molecular weight is 284 g/mol. The molecule has 2 aromatic carbocycles. The summed E-state index contributed by atoms with van der Waals surface area (Å²) in [5.74, 6) is 1.28. The standard InChI is InChI=1S/C16H16N2O3/c1-2-7-20-14-5-3-10(8-12(14)17)16-18-13-9-11(19)4-6-15(13)21-16/h3-6,8-9,19H,2,7,17H2,1H3. The second kappa shape index (κ2) is 5.36. The first-order chi connectivity index (χ1) is 10.2. The summed E-state index contributed by atoms with van der Waals surface area (Å²) in [6.45, 7) is 2.67. The molecule has 0 radical (unpaired) electrons. The summed E-state index contributed by atoms with van der Waals surface area (Å²) in [5.41, 5.74) is 8.53. The molecule has 0 fully saturated rings. The molecule has 0 unspecified atom stereocenters. The Morgan fingerprint density at radius 1 is 1.24 bits per heavy atom. The number of hydrogen-bond acceptors (Lipinski definition) is 5. The molecule has 5 nitrogen and oxygen atoms in total. The van der Waals surface area contributed by atoms with E-state index in [9.17, 15) is 5.11 Å². The molecule has 3 N–H and O–H groups in total. The first kappa shape index (κ1) is 13.3. The topological polar surface area (TPSA) is 81.5 Å². The molecule has 3 aromatic rings. The van der Waals surface area contributed by atoms with Gasteiger partial charge in [0.05, 0.1) is 12.3 Å². The van der Waals surface area contributed by atoms with Gasteiger partial charge in [0, 0.05) is 11.6 Å². The maximum Gasteiger partial charge on any atom is 0.227 e. The van der Waals surface area contributed by atoms with Crippen LogP contribution in [0.3, 0.4) is 0 Å². The Hall–Kier alpha value is -2.69. The summed E-state index contributed by atoms with van der Waals surface area (Å²) < 4.78 is 11.2. The molecule has 0 spiro atoms. The Morgan fingerprint density at radius 2 is 2.10 bits per heavy atom. The summed E-state index contributed by atoms with van der Waals surface area (Å²) in [6.07, 6.45) is 0.926. The van der Waals surface area contributed by atoms with Crippen LogP contribution in [0.25, 0.3) is 22.6 Å². The molecule has 0 aliphatic carbocycles. The van der Waals surface area contributed by atoms with Crippen LogP contribution >= 0.6 is 0 Å². The minimum absolute atomic E-state index is 0.158. The molecular weight excluding hydrogens is 268 g/mol. The van der Waals surface area contributed by atoms with E-state index in [1.807, 2.05) is 19.1 Å². The zero-order valence-electron chi connectivity index (χ0n) is 11.7. The van der Waals surface area contributed by atoms with Crippen molar-refractivity contribution in [3.8, 4) is 23.0 Å². The lowest BCUT2D eigenvalue weighted by Gasteiger charge is -2.08. The number of hydrogen-bond donors (Lipinski definition) is 2. The first-order valence-corrected chi connectivity index (χ1v) is 6.79. The van der Waals surface area contributed by atoms with Gasteiger partial charge in [0.15, 0.2) is 5.58 Å². The van der Waals surface area contributed by atoms with Gasteiger partial charge >= 0.3 is 0 Å². The van der Waals surface area contributed by atoms with Gasteiger partial charge in [0.2, 0.25) is 5.89 Å². The van der Waals surface area contributed by atoms with Crippen LogP contribution in [0.15, 0.2) is 40.8 Å². The van der Waals surface area contributed by atoms with E-state index in [0.717, 1.165) is 12.0 Å². The van der Waals surface area contributed by atoms with Gasteiger partial charge < -0.3 is 20.0 Å². The number of aromatic nitrogens is 1. The highest BCUT2D eigenvalue weighted by Gasteiger charge is 2.11. The van der Waals surface area contributed by atoms with E-state index in [-0.39, 0.29) is 5.75 Å². The number of anilines is 1. The van der Waals surface area contributed by atoms with Crippen molar-refractivity contribution in [3.05, 3.63) is 36.4 Å². The minimum atomic E-state index is 0.158. The highest BCUT2D eigenvalue weighted by atomic mass is 16.5. The number of ether oxygens (including phenoxy) is 1. The normalized spacial score (nSPS) is 10.9. The number of nitrogens with two attached hydrogens (primary N) is 1. The highest BCUT2D eigenvalue weighted by Crippen LogP contribution is 2.31. The fourth-order valence-corrected chi connectivity index (χ4v) is 2.06. The Balaban J connectivity index is 1.96. The number of oxazole rings is 1. The van der Waals surface area contributed by atoms with Crippen molar-refractivity contribution in [1.29, 1.82) is 0 Å². The largest absolute Gasteiger partial charge is 0.508 e. The summed E-state index contributed by atoms with van der Waals surface area (Å²) in [5, 5.41) is 9.45. The summed E-state index contributed by atoms with van der Waals surface area (Å²) in [4.78, 5) is 4.35. The lowest BCUT2D eigenvalue weighted by Crippen LogP contribution is -1.99. The van der Waals surface area contributed by atoms with Gasteiger partial charge in [0.1, 0.15) is 17.0 Å². The zero-order valence-corrected chi connectivity index (χ0v) is 11.7. The van der Waals surface area contributed by atoms with Crippen LogP contribution in [0, 0.1) is 0 Å². The molecule has 5 heteroatoms. The summed E-state index contributed by atoms with van der Waals surface area (Å²) >= 11 is 0. The molecule has 0 aliphatic rings. The van der Waals surface area contributed by atoms with Gasteiger partial charge in [-0.25, -0.2) is 4.98 Å². The van der Waals surface area contributed by atoms with Crippen molar-refractivity contribution in [2.24, 2.45) is 0 Å². The maximum absolute atomic E-state index is 9.45. The molecule has 108 valence electrons. The molecule has 0 saturated heterocycles. The van der Waals surface area contributed by atoms with Crippen LogP contribution in [0.4, 0.5) is 5.69 Å². The second-order valence-electron chi connectivity index (χ2n) is 4.77. The van der Waals surface area contributed by atoms with Gasteiger partial charge in [-0.15, -0.1) is 0 Å². The van der Waals surface area contributed by atoms with Crippen LogP contribution in [0.2, 0.25) is 0 Å². The Bertz CT molecular complexity index is 780. The van der Waals surface area contributed by atoms with Crippen molar-refractivity contribution in [3.63, 3.8) is 0 Å². The van der Waals surface area contributed by atoms with Crippen molar-refractivity contribution >= 4 is 16.8 Å². The van der Waals surface area contributed by atoms with Gasteiger partial charge in [-0.05, 0) is 36.8 Å². The van der Waals surface area contributed by atoms with Gasteiger partial charge in [-0.2, -0.15) is 0 Å². The van der Waals surface area contributed by atoms with E-state index in [1.165, 1.54) is 0 Å². The smallest absolute Gasteiger partial charge is 0.227 e. The van der Waals surface area contributed by atoms with Crippen molar-refractivity contribution in [2.45, 2.75) is 13.3 Å². The number of phenols is 1. The van der Waals surface area contributed by atoms with E-state index in [4.69, 9.17) is 14.9 Å². The van der Waals surface area contributed by atoms with E-state index >= 15 is 0 Å². The van der Waals surface area contributed by atoms with Gasteiger partial charge in [-0.3, -0.25) is 0 Å². The van der Waals surface area contributed by atoms with Crippen LogP contribution in [-0.4, -0.2) is 16.7 Å². The zero-order chi connectivity index (χ0) is 14.8. The van der Waals surface area contributed by atoms with E-state index in [0.29, 0.717) is 35.0 Å². The third-order valence-corrected chi connectivity index (χ3v) is 3.09. The highest BCUT2D eigenvalue weighted by molar-refractivity contribution is 5.78. The maximum atomic E-state index is 9.45. The number of benzene rings is 2. The Morgan fingerprint density at radius 3 is 2.86 bits per heavy atom. The van der Waals surface area contributed by atoms with E-state index in [1.54, 1.807) is 24.3 Å². The fraction of sp³-hybridized carbons (Fsp3) is 0.188. The van der Waals surface area contributed by atoms with Crippen LogP contribution in [-0.2, 0) is 0 Å². The average Bonchev–Trinajstić information content (AvgIpc) is 2.89. The number of rotatable bonds is 4. The molecule has 3 rings (SSSR count). The number of aromatic hydroxyl groups is 1. The van der Waals surface area contributed by atoms with Crippen LogP contribution in [0.5, 0.6) is 11.5 Å². The molecule has 21 heavy (non-hydrogen) atoms. The van der Waals surface area contributed by atoms with Crippen LogP contribution < -0.4 is 10.5 Å². The molecule has 0 bridgehead atoms. The molecule has 0 atom stereocenters. The summed E-state index contributed by atoms with van der Waals surface area (Å²) in [6, 6.07) is 10.2. The lowest BCUT2D eigenvalue weighted by molar-refractivity contribution is 0.319. The number of phenolic OH excluding ortho intramolecular Hbond substituents is 1.